The summed E-state index contributed by atoms with van der Waals surface area (Å²) in [7, 11) is -3.77. The van der Waals surface area contributed by atoms with Gasteiger partial charge in [0.15, 0.2) is 11.5 Å². The summed E-state index contributed by atoms with van der Waals surface area (Å²) in [4.78, 5) is 0.102. The van der Waals surface area contributed by atoms with Gasteiger partial charge >= 0.3 is 0 Å². The quantitative estimate of drug-likeness (QED) is 0.831. The number of hydrogen-bond acceptors (Lipinski definition) is 4. The zero-order valence-electron chi connectivity index (χ0n) is 13.2. The van der Waals surface area contributed by atoms with E-state index in [4.69, 9.17) is 9.47 Å². The van der Waals surface area contributed by atoms with Gasteiger partial charge in [0, 0.05) is 24.7 Å². The second-order valence-corrected chi connectivity index (χ2v) is 7.27. The molecular formula is C17H18FNO4S. The molecule has 0 radical (unpaired) electrons. The van der Waals surface area contributed by atoms with E-state index in [0.29, 0.717) is 30.3 Å². The minimum atomic E-state index is -3.77. The summed E-state index contributed by atoms with van der Waals surface area (Å²) in [6.45, 7) is 2.73. The van der Waals surface area contributed by atoms with E-state index in [0.717, 1.165) is 0 Å². The molecule has 24 heavy (non-hydrogen) atoms. The first kappa shape index (κ1) is 16.7. The van der Waals surface area contributed by atoms with E-state index in [2.05, 4.69) is 0 Å². The zero-order valence-corrected chi connectivity index (χ0v) is 14.1. The fraction of sp³-hybridized carbons (Fsp3) is 0.294. The summed E-state index contributed by atoms with van der Waals surface area (Å²) in [6.07, 6.45) is 0. The minimum absolute atomic E-state index is 0.0278. The Morgan fingerprint density at radius 2 is 1.79 bits per heavy atom. The first-order valence-corrected chi connectivity index (χ1v) is 9.09. The summed E-state index contributed by atoms with van der Waals surface area (Å²) < 4.78 is 51.7. The van der Waals surface area contributed by atoms with Crippen molar-refractivity contribution < 1.29 is 22.3 Å². The van der Waals surface area contributed by atoms with Gasteiger partial charge in [0.2, 0.25) is 10.0 Å². The van der Waals surface area contributed by atoms with Gasteiger partial charge in [0.05, 0.1) is 4.90 Å². The van der Waals surface area contributed by atoms with Gasteiger partial charge in [-0.15, -0.1) is 0 Å². The molecule has 2 aromatic carbocycles. The molecule has 2 aromatic rings. The van der Waals surface area contributed by atoms with Crippen molar-refractivity contribution in [2.45, 2.75) is 18.4 Å². The molecule has 0 aliphatic carbocycles. The molecule has 0 bridgehead atoms. The molecular weight excluding hydrogens is 333 g/mol. The van der Waals surface area contributed by atoms with Crippen molar-refractivity contribution in [2.75, 3.05) is 19.8 Å². The monoisotopic (exact) mass is 351 g/mol. The third kappa shape index (κ3) is 3.22. The highest BCUT2D eigenvalue weighted by molar-refractivity contribution is 7.89. The Hall–Kier alpha value is -2.12. The number of nitrogens with zero attached hydrogens (tertiary/aromatic N) is 1. The Morgan fingerprint density at radius 1 is 1.08 bits per heavy atom. The smallest absolute Gasteiger partial charge is 0.243 e. The minimum Gasteiger partial charge on any atom is -0.486 e. The lowest BCUT2D eigenvalue weighted by Crippen LogP contribution is -2.31. The van der Waals surface area contributed by atoms with Crippen molar-refractivity contribution in [1.82, 2.24) is 4.31 Å². The maximum Gasteiger partial charge on any atom is 0.243 e. The Morgan fingerprint density at radius 3 is 2.50 bits per heavy atom. The molecule has 1 aliphatic heterocycles. The summed E-state index contributed by atoms with van der Waals surface area (Å²) >= 11 is 0. The van der Waals surface area contributed by atoms with Crippen LogP contribution < -0.4 is 9.47 Å². The summed E-state index contributed by atoms with van der Waals surface area (Å²) in [6, 6.07) is 10.7. The second kappa shape index (κ2) is 6.78. The van der Waals surface area contributed by atoms with Crippen LogP contribution in [0, 0.1) is 5.82 Å². The first-order valence-electron chi connectivity index (χ1n) is 7.65. The van der Waals surface area contributed by atoms with Crippen molar-refractivity contribution in [3.05, 3.63) is 53.8 Å². The van der Waals surface area contributed by atoms with Crippen molar-refractivity contribution >= 4 is 10.0 Å². The van der Waals surface area contributed by atoms with Crippen LogP contribution in [0.4, 0.5) is 4.39 Å². The third-order valence-electron chi connectivity index (χ3n) is 3.81. The van der Waals surface area contributed by atoms with Crippen LogP contribution >= 0.6 is 0 Å². The number of rotatable bonds is 5. The molecule has 0 saturated heterocycles. The van der Waals surface area contributed by atoms with E-state index < -0.39 is 15.8 Å². The molecule has 1 heterocycles. The van der Waals surface area contributed by atoms with Gasteiger partial charge in [-0.05, 0) is 18.2 Å². The molecule has 0 aromatic heterocycles. The van der Waals surface area contributed by atoms with E-state index in [-0.39, 0.29) is 18.0 Å². The van der Waals surface area contributed by atoms with Crippen LogP contribution in [-0.2, 0) is 16.6 Å². The Labute approximate surface area is 140 Å². The van der Waals surface area contributed by atoms with Gasteiger partial charge in [-0.1, -0.05) is 25.1 Å². The maximum atomic E-state index is 13.8. The Kier molecular flexibility index (Phi) is 4.73. The number of benzene rings is 2. The molecule has 0 saturated carbocycles. The average Bonchev–Trinajstić information content (AvgIpc) is 2.60. The molecule has 1 aliphatic rings. The van der Waals surface area contributed by atoms with Gasteiger partial charge in [-0.2, -0.15) is 4.31 Å². The van der Waals surface area contributed by atoms with Crippen molar-refractivity contribution in [2.24, 2.45) is 0 Å². The topological polar surface area (TPSA) is 55.8 Å². The van der Waals surface area contributed by atoms with Crippen LogP contribution in [-0.4, -0.2) is 32.5 Å². The lowest BCUT2D eigenvalue weighted by Gasteiger charge is -2.23. The molecule has 0 atom stereocenters. The third-order valence-corrected chi connectivity index (χ3v) is 5.73. The van der Waals surface area contributed by atoms with Gasteiger partial charge in [-0.3, -0.25) is 0 Å². The standard InChI is InChI=1S/C17H18FNO4S/c1-2-19(12-13-5-3-4-6-15(13)18)24(20,21)14-7-8-16-17(11-14)23-10-9-22-16/h3-8,11H,2,9-10,12H2,1H3. The lowest BCUT2D eigenvalue weighted by atomic mass is 10.2. The maximum absolute atomic E-state index is 13.8. The number of halogens is 1. The Balaban J connectivity index is 1.91. The fourth-order valence-electron chi connectivity index (χ4n) is 2.52. The predicted molar refractivity (Wildman–Crippen MR) is 87.1 cm³/mol. The van der Waals surface area contributed by atoms with Crippen LogP contribution in [0.1, 0.15) is 12.5 Å². The van der Waals surface area contributed by atoms with Crippen LogP contribution in [0.25, 0.3) is 0 Å². The summed E-state index contributed by atoms with van der Waals surface area (Å²) in [5.41, 5.74) is 0.334. The normalized spacial score (nSPS) is 14.0. The molecule has 0 spiro atoms. The van der Waals surface area contributed by atoms with E-state index in [1.807, 2.05) is 0 Å². The second-order valence-electron chi connectivity index (χ2n) is 5.33. The van der Waals surface area contributed by atoms with Crippen LogP contribution in [0.15, 0.2) is 47.4 Å². The van der Waals surface area contributed by atoms with Crippen molar-refractivity contribution in [1.29, 1.82) is 0 Å². The van der Waals surface area contributed by atoms with Crippen LogP contribution in [0.3, 0.4) is 0 Å². The molecule has 128 valence electrons. The predicted octanol–water partition coefficient (Wildman–Crippen LogP) is 2.81. The highest BCUT2D eigenvalue weighted by Crippen LogP contribution is 2.33. The Bertz CT molecular complexity index is 838. The number of sulfonamides is 1. The van der Waals surface area contributed by atoms with Gasteiger partial charge < -0.3 is 9.47 Å². The average molecular weight is 351 g/mol. The van der Waals surface area contributed by atoms with E-state index in [1.165, 1.54) is 22.5 Å². The van der Waals surface area contributed by atoms with Crippen molar-refractivity contribution in [3.8, 4) is 11.5 Å². The number of fused-ring (bicyclic) bond motifs is 1. The highest BCUT2D eigenvalue weighted by Gasteiger charge is 2.26. The molecule has 7 heteroatoms. The number of ether oxygens (including phenoxy) is 2. The zero-order chi connectivity index (χ0) is 17.2. The number of hydrogen-bond donors (Lipinski definition) is 0. The molecule has 0 amide bonds. The van der Waals surface area contributed by atoms with Crippen LogP contribution in [0.5, 0.6) is 11.5 Å². The summed E-state index contributed by atoms with van der Waals surface area (Å²) in [5.74, 6) is 0.509. The van der Waals surface area contributed by atoms with E-state index in [1.54, 1.807) is 31.2 Å². The van der Waals surface area contributed by atoms with E-state index >= 15 is 0 Å². The van der Waals surface area contributed by atoms with Gasteiger partial charge in [0.25, 0.3) is 0 Å². The molecule has 0 unspecified atom stereocenters. The molecule has 5 nitrogen and oxygen atoms in total. The lowest BCUT2D eigenvalue weighted by molar-refractivity contribution is 0.171. The molecule has 0 fully saturated rings. The largest absolute Gasteiger partial charge is 0.486 e. The fourth-order valence-corrected chi connectivity index (χ4v) is 3.96. The van der Waals surface area contributed by atoms with Crippen molar-refractivity contribution in [3.63, 3.8) is 0 Å². The highest BCUT2D eigenvalue weighted by atomic mass is 32.2. The van der Waals surface area contributed by atoms with Crippen LogP contribution in [0.2, 0.25) is 0 Å². The van der Waals surface area contributed by atoms with Gasteiger partial charge in [-0.25, -0.2) is 12.8 Å². The molecule has 0 N–H and O–H groups in total. The SMILES string of the molecule is CCN(Cc1ccccc1F)S(=O)(=O)c1ccc2c(c1)OCCO2. The molecule has 3 rings (SSSR count). The first-order chi connectivity index (χ1) is 11.5. The van der Waals surface area contributed by atoms with E-state index in [9.17, 15) is 12.8 Å². The summed E-state index contributed by atoms with van der Waals surface area (Å²) in [5, 5.41) is 0. The van der Waals surface area contributed by atoms with Gasteiger partial charge in [0.1, 0.15) is 19.0 Å².